The van der Waals surface area contributed by atoms with Crippen LogP contribution in [0.4, 0.5) is 0 Å². The van der Waals surface area contributed by atoms with E-state index >= 15 is 0 Å². The highest BCUT2D eigenvalue weighted by Gasteiger charge is 2.15. The zero-order valence-electron chi connectivity index (χ0n) is 20.2. The number of halogens is 1. The van der Waals surface area contributed by atoms with Crippen molar-refractivity contribution < 1.29 is 9.57 Å². The molecule has 35 heavy (non-hydrogen) atoms. The van der Waals surface area contributed by atoms with E-state index in [1.54, 1.807) is 6.21 Å². The summed E-state index contributed by atoms with van der Waals surface area (Å²) in [4.78, 5) is 11.8. The van der Waals surface area contributed by atoms with Gasteiger partial charge in [0.15, 0.2) is 0 Å². The van der Waals surface area contributed by atoms with Crippen LogP contribution in [0.1, 0.15) is 36.6 Å². The Labute approximate surface area is 212 Å². The van der Waals surface area contributed by atoms with E-state index < -0.39 is 0 Å². The lowest BCUT2D eigenvalue weighted by atomic mass is 9.99. The largest absolute Gasteiger partial charge is 0.492 e. The third kappa shape index (κ3) is 7.32. The standard InChI is InChI=1S/C29H30ClN3O2/c1-22-13-15-33(16-14-22)17-18-35-29-12-4-23(19-26(29)21-32-34-2)3-10-28-11-7-25(20-31-28)24-5-8-27(30)9-6-24/h4-9,11-12,19-22H,13-18H2,1-2H3/b32-21+. The lowest BCUT2D eigenvalue weighted by molar-refractivity contribution is 0.160. The summed E-state index contributed by atoms with van der Waals surface area (Å²) in [6, 6.07) is 17.5. The van der Waals surface area contributed by atoms with Crippen molar-refractivity contribution in [3.05, 3.63) is 82.6 Å². The van der Waals surface area contributed by atoms with Crippen molar-refractivity contribution in [1.82, 2.24) is 9.88 Å². The molecule has 2 aromatic carbocycles. The first-order valence-corrected chi connectivity index (χ1v) is 12.3. The van der Waals surface area contributed by atoms with Crippen LogP contribution in [0, 0.1) is 17.8 Å². The lowest BCUT2D eigenvalue weighted by Crippen LogP contribution is -2.35. The highest BCUT2D eigenvalue weighted by atomic mass is 35.5. The molecule has 0 amide bonds. The summed E-state index contributed by atoms with van der Waals surface area (Å²) in [5.41, 5.74) is 4.46. The first-order valence-electron chi connectivity index (χ1n) is 11.9. The summed E-state index contributed by atoms with van der Waals surface area (Å²) in [6.45, 7) is 6.17. The Kier molecular flexibility index (Phi) is 8.78. The summed E-state index contributed by atoms with van der Waals surface area (Å²) in [5, 5.41) is 4.64. The van der Waals surface area contributed by atoms with Gasteiger partial charge in [-0.15, -0.1) is 0 Å². The molecule has 1 saturated heterocycles. The minimum absolute atomic E-state index is 0.636. The summed E-state index contributed by atoms with van der Waals surface area (Å²) in [5.74, 6) is 7.92. The topological polar surface area (TPSA) is 47.0 Å². The second kappa shape index (κ2) is 12.4. The maximum absolute atomic E-state index is 6.09. The van der Waals surface area contributed by atoms with Crippen molar-refractivity contribution >= 4 is 17.8 Å². The molecule has 1 aliphatic rings. The average Bonchev–Trinajstić information content (AvgIpc) is 2.89. The molecule has 0 radical (unpaired) electrons. The Bertz CT molecular complexity index is 1190. The quantitative estimate of drug-likeness (QED) is 0.237. The zero-order valence-corrected chi connectivity index (χ0v) is 21.0. The van der Waals surface area contributed by atoms with E-state index in [2.05, 4.69) is 33.8 Å². The molecule has 180 valence electrons. The van der Waals surface area contributed by atoms with Gasteiger partial charge in [-0.2, -0.15) is 0 Å². The number of likely N-dealkylation sites (tertiary alicyclic amines) is 1. The average molecular weight is 488 g/mol. The molecule has 0 N–H and O–H groups in total. The van der Waals surface area contributed by atoms with E-state index in [1.165, 1.54) is 20.0 Å². The van der Waals surface area contributed by atoms with Crippen LogP contribution < -0.4 is 4.74 Å². The predicted octanol–water partition coefficient (Wildman–Crippen LogP) is 5.89. The van der Waals surface area contributed by atoms with Crippen molar-refractivity contribution in [3.8, 4) is 28.7 Å². The van der Waals surface area contributed by atoms with Crippen LogP contribution in [0.5, 0.6) is 5.75 Å². The van der Waals surface area contributed by atoms with Crippen LogP contribution in [-0.2, 0) is 4.84 Å². The number of aromatic nitrogens is 1. The van der Waals surface area contributed by atoms with Gasteiger partial charge in [0.05, 0.1) is 6.21 Å². The van der Waals surface area contributed by atoms with Crippen LogP contribution in [0.15, 0.2) is 65.9 Å². The number of piperidine rings is 1. The summed E-state index contributed by atoms with van der Waals surface area (Å²) >= 11 is 5.98. The molecule has 2 heterocycles. The summed E-state index contributed by atoms with van der Waals surface area (Å²) in [7, 11) is 1.53. The third-order valence-corrected chi connectivity index (χ3v) is 6.38. The first kappa shape index (κ1) is 24.8. The van der Waals surface area contributed by atoms with Gasteiger partial charge in [-0.1, -0.05) is 47.8 Å². The third-order valence-electron chi connectivity index (χ3n) is 6.12. The molecular weight excluding hydrogens is 458 g/mol. The maximum atomic E-state index is 6.09. The van der Waals surface area contributed by atoms with Crippen LogP contribution in [0.2, 0.25) is 5.02 Å². The maximum Gasteiger partial charge on any atom is 0.128 e. The molecule has 0 aliphatic carbocycles. The van der Waals surface area contributed by atoms with E-state index in [0.717, 1.165) is 53.6 Å². The minimum Gasteiger partial charge on any atom is -0.492 e. The molecule has 6 heteroatoms. The second-order valence-corrected chi connectivity index (χ2v) is 9.17. The van der Waals surface area contributed by atoms with Gasteiger partial charge in [-0.3, -0.25) is 4.90 Å². The van der Waals surface area contributed by atoms with E-state index in [-0.39, 0.29) is 0 Å². The normalized spacial score (nSPS) is 14.5. The Balaban J connectivity index is 1.41. The summed E-state index contributed by atoms with van der Waals surface area (Å²) in [6.07, 6.45) is 6.00. The number of rotatable bonds is 7. The molecule has 0 atom stereocenters. The van der Waals surface area contributed by atoms with Gasteiger partial charge in [-0.25, -0.2) is 4.98 Å². The number of hydrogen-bond donors (Lipinski definition) is 0. The van der Waals surface area contributed by atoms with Gasteiger partial charge in [0.1, 0.15) is 25.2 Å². The van der Waals surface area contributed by atoms with E-state index in [9.17, 15) is 0 Å². The fourth-order valence-corrected chi connectivity index (χ4v) is 4.08. The van der Waals surface area contributed by atoms with Crippen LogP contribution in [0.25, 0.3) is 11.1 Å². The minimum atomic E-state index is 0.636. The number of hydrogen-bond acceptors (Lipinski definition) is 5. The molecule has 0 saturated carbocycles. The second-order valence-electron chi connectivity index (χ2n) is 8.73. The molecular formula is C29H30ClN3O2. The molecule has 5 nitrogen and oxygen atoms in total. The van der Waals surface area contributed by atoms with Crippen molar-refractivity contribution in [2.45, 2.75) is 19.8 Å². The Hall–Kier alpha value is -3.33. The monoisotopic (exact) mass is 487 g/mol. The molecule has 0 spiro atoms. The lowest BCUT2D eigenvalue weighted by Gasteiger charge is -2.30. The molecule has 1 aliphatic heterocycles. The van der Waals surface area contributed by atoms with Gasteiger partial charge >= 0.3 is 0 Å². The van der Waals surface area contributed by atoms with Crippen LogP contribution >= 0.6 is 11.6 Å². The highest BCUT2D eigenvalue weighted by Crippen LogP contribution is 2.22. The molecule has 0 unspecified atom stereocenters. The summed E-state index contributed by atoms with van der Waals surface area (Å²) < 4.78 is 6.09. The molecule has 0 bridgehead atoms. The number of ether oxygens (including phenoxy) is 1. The van der Waals surface area contributed by atoms with Gasteiger partial charge < -0.3 is 9.57 Å². The van der Waals surface area contributed by atoms with Crippen LogP contribution in [-0.4, -0.2) is 49.4 Å². The fraction of sp³-hybridized carbons (Fsp3) is 0.310. The molecule has 1 aromatic heterocycles. The number of pyridine rings is 1. The van der Waals surface area contributed by atoms with Crippen molar-refractivity contribution in [3.63, 3.8) is 0 Å². The first-order chi connectivity index (χ1) is 17.1. The molecule has 3 aromatic rings. The molecule has 4 rings (SSSR count). The SMILES string of the molecule is CO/N=C/c1cc(C#Cc2ccc(-c3ccc(Cl)cc3)cn2)ccc1OCCN1CCC(C)CC1. The predicted molar refractivity (Wildman–Crippen MR) is 142 cm³/mol. The van der Waals surface area contributed by atoms with Crippen molar-refractivity contribution in [1.29, 1.82) is 0 Å². The van der Waals surface area contributed by atoms with Gasteiger partial charge in [0.25, 0.3) is 0 Å². The highest BCUT2D eigenvalue weighted by molar-refractivity contribution is 6.30. The smallest absolute Gasteiger partial charge is 0.128 e. The van der Waals surface area contributed by atoms with Crippen molar-refractivity contribution in [2.75, 3.05) is 33.4 Å². The Morgan fingerprint density at radius 2 is 1.83 bits per heavy atom. The van der Waals surface area contributed by atoms with E-state index in [4.69, 9.17) is 21.2 Å². The van der Waals surface area contributed by atoms with Gasteiger partial charge in [-0.05, 0) is 79.7 Å². The Morgan fingerprint density at radius 1 is 1.06 bits per heavy atom. The van der Waals surface area contributed by atoms with Crippen LogP contribution in [0.3, 0.4) is 0 Å². The van der Waals surface area contributed by atoms with Gasteiger partial charge in [0, 0.05) is 34.5 Å². The van der Waals surface area contributed by atoms with Crippen molar-refractivity contribution in [2.24, 2.45) is 11.1 Å². The number of benzene rings is 2. The zero-order chi connectivity index (χ0) is 24.5. The number of nitrogens with zero attached hydrogens (tertiary/aromatic N) is 3. The molecule has 1 fully saturated rings. The Morgan fingerprint density at radius 3 is 2.54 bits per heavy atom. The number of oxime groups is 1. The van der Waals surface area contributed by atoms with Gasteiger partial charge in [0.2, 0.25) is 0 Å². The van der Waals surface area contributed by atoms with E-state index in [0.29, 0.717) is 17.3 Å². The fourth-order valence-electron chi connectivity index (χ4n) is 3.96. The van der Waals surface area contributed by atoms with E-state index in [1.807, 2.05) is 60.8 Å².